The Morgan fingerprint density at radius 2 is 1.62 bits per heavy atom. The van der Waals surface area contributed by atoms with E-state index in [9.17, 15) is 0 Å². The topological polar surface area (TPSA) is 0 Å². The fraction of sp³-hybridized carbons (Fsp3) is 0. The molecule has 0 saturated heterocycles. The molecule has 0 heterocycles. The van der Waals surface area contributed by atoms with E-state index in [1.165, 1.54) is 11.1 Å². The van der Waals surface area contributed by atoms with Crippen LogP contribution in [-0.4, -0.2) is 0 Å². The minimum Gasteiger partial charge on any atom is -0.0610 e. The van der Waals surface area contributed by atoms with Crippen LogP contribution < -0.4 is 0 Å². The van der Waals surface area contributed by atoms with Crippen molar-refractivity contribution in [1.82, 2.24) is 0 Å². The molecule has 1 unspecified atom stereocenters. The summed E-state index contributed by atoms with van der Waals surface area (Å²) in [6.45, 7) is 0. The van der Waals surface area contributed by atoms with Gasteiger partial charge in [0.05, 0.1) is 0 Å². The van der Waals surface area contributed by atoms with E-state index in [1.807, 2.05) is 0 Å². The second kappa shape index (κ2) is 2.74. The van der Waals surface area contributed by atoms with Crippen LogP contribution in [0.3, 0.4) is 0 Å². The van der Waals surface area contributed by atoms with Gasteiger partial charge in [0.2, 0.25) is 0 Å². The Balaban J connectivity index is 0.000000147. The van der Waals surface area contributed by atoms with Crippen molar-refractivity contribution in [2.75, 3.05) is 0 Å². The molecular weight excluding hydrogens is 209 g/mol. The summed E-state index contributed by atoms with van der Waals surface area (Å²) in [5, 5.41) is 0. The van der Waals surface area contributed by atoms with Crippen molar-refractivity contribution in [3.63, 3.8) is 0 Å². The fourth-order valence-electron chi connectivity index (χ4n) is 0.676. The average molecular weight is 216 g/mol. The van der Waals surface area contributed by atoms with Gasteiger partial charge < -0.3 is 0 Å². The standard InChI is InChI=1S/C6H4.H2P.Pd/c1-2-5-4-6(5)3-1;;/h1-4H;1H2;/q;-1;+1. The Bertz CT molecular complexity index is 168. The molecule has 2 aliphatic rings. The Labute approximate surface area is 61.8 Å². The minimum atomic E-state index is 1.43. The normalized spacial score (nSPS) is 9.38. The first-order valence-corrected chi connectivity index (χ1v) is 5.31. The Morgan fingerprint density at radius 3 is 1.75 bits per heavy atom. The first kappa shape index (κ1) is 6.43. The number of rotatable bonds is 0. The van der Waals surface area contributed by atoms with Gasteiger partial charge in [0, 0.05) is 0 Å². The third-order valence-corrected chi connectivity index (χ3v) is 1.11. The summed E-state index contributed by atoms with van der Waals surface area (Å²) in [5.41, 5.74) is 2.85. The molecule has 0 saturated carbocycles. The molecule has 0 aromatic heterocycles. The number of benzene rings is 1. The van der Waals surface area contributed by atoms with Crippen LogP contribution in [0.25, 0.3) is 11.1 Å². The van der Waals surface area contributed by atoms with Gasteiger partial charge in [0.25, 0.3) is 0 Å². The maximum Gasteiger partial charge on any atom is -0.0178 e. The van der Waals surface area contributed by atoms with E-state index in [2.05, 4.69) is 50.4 Å². The van der Waals surface area contributed by atoms with Crippen LogP contribution >= 0.6 is 7.43 Å². The molecule has 1 atom stereocenters. The van der Waals surface area contributed by atoms with E-state index >= 15 is 0 Å². The smallest absolute Gasteiger partial charge is 0.0178 e. The molecule has 0 radical (unpaired) electrons. The summed E-state index contributed by atoms with van der Waals surface area (Å²) in [7, 11) is 2.27. The maximum absolute atomic E-state index is 2.67. The summed E-state index contributed by atoms with van der Waals surface area (Å²) in [5.74, 6) is 0. The van der Waals surface area contributed by atoms with Crippen molar-refractivity contribution in [2.24, 2.45) is 0 Å². The summed E-state index contributed by atoms with van der Waals surface area (Å²) in [6, 6.07) is 8.48. The first-order chi connectivity index (χ1) is 3.97. The van der Waals surface area contributed by atoms with Gasteiger partial charge in [-0.1, -0.05) is 18.2 Å². The molecule has 0 bridgehead atoms. The van der Waals surface area contributed by atoms with Crippen LogP contribution in [0.15, 0.2) is 24.3 Å². The molecule has 0 aliphatic heterocycles. The van der Waals surface area contributed by atoms with Crippen molar-refractivity contribution in [2.45, 2.75) is 0 Å². The van der Waals surface area contributed by atoms with Crippen LogP contribution in [-0.2, 0) is 18.7 Å². The molecule has 2 aliphatic carbocycles. The van der Waals surface area contributed by atoms with Gasteiger partial charge >= 0.3 is 26.1 Å². The zero-order chi connectivity index (χ0) is 5.98. The second-order valence-corrected chi connectivity index (χ2v) is 1.58. The molecule has 0 spiro atoms. The van der Waals surface area contributed by atoms with Gasteiger partial charge in [-0.3, -0.25) is 0 Å². The molecule has 45 valence electrons. The van der Waals surface area contributed by atoms with Crippen LogP contribution in [0.5, 0.6) is 0 Å². The van der Waals surface area contributed by atoms with Crippen molar-refractivity contribution >= 4 is 7.43 Å². The van der Waals surface area contributed by atoms with Crippen LogP contribution in [0.1, 0.15) is 0 Å². The zero-order valence-corrected chi connectivity index (χ0v) is 6.91. The molecule has 0 fully saturated rings. The van der Waals surface area contributed by atoms with E-state index in [0.29, 0.717) is 0 Å². The molecule has 0 nitrogen and oxygen atoms in total. The predicted octanol–water partition coefficient (Wildman–Crippen LogP) is 1.99. The molecule has 2 rings (SSSR count). The molecule has 0 N–H and O–H groups in total. The van der Waals surface area contributed by atoms with Gasteiger partial charge in [0.1, 0.15) is 0 Å². The number of hydrogen-bond donors (Lipinski definition) is 0. The zero-order valence-electron chi connectivity index (χ0n) is 4.20. The molecular formula is C6H6PPd. The van der Waals surface area contributed by atoms with E-state index in [1.54, 1.807) is 0 Å². The molecule has 0 aromatic carbocycles. The second-order valence-electron chi connectivity index (χ2n) is 1.58. The SMILES string of the molecule is [PH2][Pd].c1cc2cc-2c1. The van der Waals surface area contributed by atoms with E-state index in [4.69, 9.17) is 0 Å². The van der Waals surface area contributed by atoms with E-state index < -0.39 is 0 Å². The number of hydrogen-bond acceptors (Lipinski definition) is 0. The maximum atomic E-state index is 2.67. The van der Waals surface area contributed by atoms with Gasteiger partial charge in [0.15, 0.2) is 0 Å². The van der Waals surface area contributed by atoms with E-state index in [-0.39, 0.29) is 0 Å². The number of fused-ring (bicyclic) bond motifs is 1. The van der Waals surface area contributed by atoms with Crippen molar-refractivity contribution in [1.29, 1.82) is 0 Å². The summed E-state index contributed by atoms with van der Waals surface area (Å²) in [4.78, 5) is 0. The van der Waals surface area contributed by atoms with Gasteiger partial charge in [-0.25, -0.2) is 0 Å². The Kier molecular flexibility index (Phi) is 2.20. The fourth-order valence-corrected chi connectivity index (χ4v) is 0.676. The van der Waals surface area contributed by atoms with E-state index in [0.717, 1.165) is 0 Å². The Morgan fingerprint density at radius 1 is 1.12 bits per heavy atom. The summed E-state index contributed by atoms with van der Waals surface area (Å²) < 4.78 is 0. The van der Waals surface area contributed by atoms with Gasteiger partial charge in [-0.05, 0) is 17.2 Å². The Hall–Kier alpha value is 0.312. The van der Waals surface area contributed by atoms with Crippen molar-refractivity contribution < 1.29 is 18.7 Å². The first-order valence-electron chi connectivity index (χ1n) is 2.25. The summed E-state index contributed by atoms with van der Waals surface area (Å²) in [6.07, 6.45) is 0. The minimum absolute atomic E-state index is 1.43. The monoisotopic (exact) mass is 215 g/mol. The summed E-state index contributed by atoms with van der Waals surface area (Å²) >= 11 is 2.67. The van der Waals surface area contributed by atoms with Gasteiger partial charge in [-0.2, -0.15) is 0 Å². The third kappa shape index (κ3) is 1.18. The van der Waals surface area contributed by atoms with Crippen LogP contribution in [0, 0.1) is 0 Å². The molecule has 2 heteroatoms. The molecule has 0 amide bonds. The van der Waals surface area contributed by atoms with Gasteiger partial charge in [-0.15, -0.1) is 0 Å². The van der Waals surface area contributed by atoms with Crippen molar-refractivity contribution in [3.05, 3.63) is 24.3 Å². The molecule has 0 aromatic rings. The average Bonchev–Trinajstić information content (AvgIpc) is 2.46. The largest absolute Gasteiger partial charge is 0.0610 e. The molecule has 8 heavy (non-hydrogen) atoms. The third-order valence-electron chi connectivity index (χ3n) is 1.11. The predicted molar refractivity (Wildman–Crippen MR) is 35.1 cm³/mol. The quantitative estimate of drug-likeness (QED) is 0.466. The van der Waals surface area contributed by atoms with Crippen LogP contribution in [0.4, 0.5) is 0 Å². The van der Waals surface area contributed by atoms with Crippen LogP contribution in [0.2, 0.25) is 0 Å². The van der Waals surface area contributed by atoms with Crippen molar-refractivity contribution in [3.8, 4) is 11.1 Å².